The third kappa shape index (κ3) is 2.78. The summed E-state index contributed by atoms with van der Waals surface area (Å²) in [7, 11) is 0. The van der Waals surface area contributed by atoms with E-state index in [0.29, 0.717) is 9.99 Å². The molecule has 0 atom stereocenters. The minimum absolute atomic E-state index is 0.0370. The predicted octanol–water partition coefficient (Wildman–Crippen LogP) is 2.91. The van der Waals surface area contributed by atoms with Crippen molar-refractivity contribution in [3.05, 3.63) is 51.8 Å². The average molecular weight is 290 g/mol. The van der Waals surface area contributed by atoms with Crippen LogP contribution in [0.4, 0.5) is 5.69 Å². The largest absolute Gasteiger partial charge is 0.475 e. The summed E-state index contributed by atoms with van der Waals surface area (Å²) in [6.45, 7) is 0. The molecule has 0 fully saturated rings. The summed E-state index contributed by atoms with van der Waals surface area (Å²) < 4.78 is 5.03. The summed E-state index contributed by atoms with van der Waals surface area (Å²) in [5, 5.41) is 28.6. The topological polar surface area (TPSA) is 117 Å². The summed E-state index contributed by atoms with van der Waals surface area (Å²) in [6.07, 6.45) is 0. The van der Waals surface area contributed by atoms with Crippen LogP contribution in [0.2, 0.25) is 0 Å². The standard InChI is InChI=1S/C12H6N2O5S/c13-6-7-1-2-8(5-9(7)14(17)18)20-11-4-3-10(19-11)12(15)16/h1-5H,(H,15,16). The summed E-state index contributed by atoms with van der Waals surface area (Å²) in [4.78, 5) is 21.3. The van der Waals surface area contributed by atoms with Gasteiger partial charge in [0.25, 0.3) is 5.69 Å². The Balaban J connectivity index is 2.29. The molecule has 2 rings (SSSR count). The van der Waals surface area contributed by atoms with Crippen LogP contribution in [0.1, 0.15) is 16.1 Å². The SMILES string of the molecule is N#Cc1ccc(Sc2ccc(C(=O)O)o2)cc1[N+](=O)[O-]. The van der Waals surface area contributed by atoms with Gasteiger partial charge in [-0.25, -0.2) is 4.79 Å². The second-order valence-electron chi connectivity index (χ2n) is 3.57. The van der Waals surface area contributed by atoms with Gasteiger partial charge in [-0.1, -0.05) is 11.8 Å². The molecule has 0 aliphatic rings. The number of carboxylic acid groups (broad SMARTS) is 1. The van der Waals surface area contributed by atoms with E-state index < -0.39 is 10.9 Å². The highest BCUT2D eigenvalue weighted by Gasteiger charge is 2.16. The van der Waals surface area contributed by atoms with Gasteiger partial charge in [-0.3, -0.25) is 10.1 Å². The molecule has 1 aromatic carbocycles. The van der Waals surface area contributed by atoms with Crippen molar-refractivity contribution in [1.82, 2.24) is 0 Å². The first-order valence-electron chi connectivity index (χ1n) is 5.21. The van der Waals surface area contributed by atoms with E-state index in [1.165, 1.54) is 30.3 Å². The first-order valence-corrected chi connectivity index (χ1v) is 6.02. The van der Waals surface area contributed by atoms with Gasteiger partial charge in [0.15, 0.2) is 5.09 Å². The third-order valence-electron chi connectivity index (χ3n) is 2.30. The van der Waals surface area contributed by atoms with Crippen molar-refractivity contribution in [1.29, 1.82) is 5.26 Å². The molecular formula is C12H6N2O5S. The van der Waals surface area contributed by atoms with Crippen molar-refractivity contribution in [2.75, 3.05) is 0 Å². The van der Waals surface area contributed by atoms with E-state index in [-0.39, 0.29) is 17.0 Å². The van der Waals surface area contributed by atoms with Crippen molar-refractivity contribution in [3.8, 4) is 6.07 Å². The molecule has 2 aromatic rings. The maximum Gasteiger partial charge on any atom is 0.371 e. The van der Waals surface area contributed by atoms with Crippen LogP contribution in [0.15, 0.2) is 44.7 Å². The van der Waals surface area contributed by atoms with Gasteiger partial charge in [0.05, 0.1) is 4.92 Å². The minimum atomic E-state index is -1.19. The molecule has 1 N–H and O–H groups in total. The highest BCUT2D eigenvalue weighted by atomic mass is 32.2. The first-order chi connectivity index (χ1) is 9.51. The Morgan fingerprint density at radius 3 is 2.70 bits per heavy atom. The molecule has 0 aliphatic heterocycles. The van der Waals surface area contributed by atoms with Crippen LogP contribution >= 0.6 is 11.8 Å². The van der Waals surface area contributed by atoms with Crippen molar-refractivity contribution >= 4 is 23.4 Å². The summed E-state index contributed by atoms with van der Waals surface area (Å²) in [5.74, 6) is -1.40. The number of carbonyl (C=O) groups is 1. The van der Waals surface area contributed by atoms with Crippen LogP contribution in [0.3, 0.4) is 0 Å². The number of nitriles is 1. The van der Waals surface area contributed by atoms with Gasteiger partial charge in [-0.15, -0.1) is 0 Å². The zero-order valence-electron chi connectivity index (χ0n) is 9.77. The Labute approximate surface area is 116 Å². The maximum absolute atomic E-state index is 10.8. The van der Waals surface area contributed by atoms with Crippen LogP contribution in [0, 0.1) is 21.4 Å². The maximum atomic E-state index is 10.8. The van der Waals surface area contributed by atoms with E-state index in [0.717, 1.165) is 11.8 Å². The van der Waals surface area contributed by atoms with E-state index in [9.17, 15) is 14.9 Å². The number of carboxylic acids is 1. The van der Waals surface area contributed by atoms with Crippen molar-refractivity contribution < 1.29 is 19.2 Å². The lowest BCUT2D eigenvalue weighted by atomic mass is 10.2. The van der Waals surface area contributed by atoms with Gasteiger partial charge in [-0.2, -0.15) is 5.26 Å². The molecule has 0 unspecified atom stereocenters. The van der Waals surface area contributed by atoms with Gasteiger partial charge in [0, 0.05) is 11.0 Å². The second-order valence-corrected chi connectivity index (χ2v) is 4.65. The zero-order chi connectivity index (χ0) is 14.7. The summed E-state index contributed by atoms with van der Waals surface area (Å²) in [6, 6.07) is 8.59. The van der Waals surface area contributed by atoms with E-state index >= 15 is 0 Å². The number of nitro benzene ring substituents is 1. The Morgan fingerprint density at radius 2 is 2.15 bits per heavy atom. The molecule has 0 aliphatic carbocycles. The van der Waals surface area contributed by atoms with Crippen LogP contribution < -0.4 is 0 Å². The molecule has 100 valence electrons. The molecule has 20 heavy (non-hydrogen) atoms. The van der Waals surface area contributed by atoms with Gasteiger partial charge in [0.2, 0.25) is 5.76 Å². The van der Waals surface area contributed by atoms with E-state index in [1.807, 2.05) is 0 Å². The normalized spacial score (nSPS) is 9.95. The molecule has 0 radical (unpaired) electrons. The number of nitrogens with zero attached hydrogens (tertiary/aromatic N) is 2. The predicted molar refractivity (Wildman–Crippen MR) is 67.6 cm³/mol. The molecule has 0 saturated heterocycles. The molecule has 0 amide bonds. The molecule has 0 saturated carbocycles. The second kappa shape index (κ2) is 5.46. The van der Waals surface area contributed by atoms with E-state index in [4.69, 9.17) is 14.8 Å². The molecule has 8 heteroatoms. The Hall–Kier alpha value is -2.79. The Morgan fingerprint density at radius 1 is 1.40 bits per heavy atom. The fourth-order valence-corrected chi connectivity index (χ4v) is 2.23. The minimum Gasteiger partial charge on any atom is -0.475 e. The highest BCUT2D eigenvalue weighted by Crippen LogP contribution is 2.32. The van der Waals surface area contributed by atoms with Gasteiger partial charge in [-0.05, 0) is 24.3 Å². The van der Waals surface area contributed by atoms with Crippen LogP contribution in [-0.2, 0) is 0 Å². The lowest BCUT2D eigenvalue weighted by molar-refractivity contribution is -0.385. The van der Waals surface area contributed by atoms with E-state index in [2.05, 4.69) is 0 Å². The average Bonchev–Trinajstić information content (AvgIpc) is 2.87. The number of benzene rings is 1. The monoisotopic (exact) mass is 290 g/mol. The van der Waals surface area contributed by atoms with Gasteiger partial charge in [0.1, 0.15) is 11.6 Å². The fourth-order valence-electron chi connectivity index (χ4n) is 1.43. The number of hydrogen-bond donors (Lipinski definition) is 1. The van der Waals surface area contributed by atoms with E-state index in [1.54, 1.807) is 6.07 Å². The van der Waals surface area contributed by atoms with Crippen LogP contribution in [0.25, 0.3) is 0 Å². The van der Waals surface area contributed by atoms with Crippen LogP contribution in [0.5, 0.6) is 0 Å². The number of hydrogen-bond acceptors (Lipinski definition) is 6. The number of nitro groups is 1. The van der Waals surface area contributed by atoms with Crippen molar-refractivity contribution in [3.63, 3.8) is 0 Å². The van der Waals surface area contributed by atoms with Crippen molar-refractivity contribution in [2.24, 2.45) is 0 Å². The fraction of sp³-hybridized carbons (Fsp3) is 0. The lowest BCUT2D eigenvalue weighted by Crippen LogP contribution is -1.92. The third-order valence-corrected chi connectivity index (χ3v) is 3.21. The number of aromatic carboxylic acids is 1. The Bertz CT molecular complexity index is 732. The van der Waals surface area contributed by atoms with Crippen LogP contribution in [-0.4, -0.2) is 16.0 Å². The molecule has 7 nitrogen and oxygen atoms in total. The first kappa shape index (κ1) is 13.6. The smallest absolute Gasteiger partial charge is 0.371 e. The summed E-state index contributed by atoms with van der Waals surface area (Å²) in [5.41, 5.74) is -0.340. The van der Waals surface area contributed by atoms with Gasteiger partial charge < -0.3 is 9.52 Å². The highest BCUT2D eigenvalue weighted by molar-refractivity contribution is 7.99. The lowest BCUT2D eigenvalue weighted by Gasteiger charge is -1.99. The molecule has 0 spiro atoms. The molecule has 0 bridgehead atoms. The number of rotatable bonds is 4. The molecule has 1 heterocycles. The van der Waals surface area contributed by atoms with Gasteiger partial charge >= 0.3 is 5.97 Å². The van der Waals surface area contributed by atoms with Crippen molar-refractivity contribution in [2.45, 2.75) is 9.99 Å². The molecular weight excluding hydrogens is 284 g/mol. The quantitative estimate of drug-likeness (QED) is 0.679. The Kier molecular flexibility index (Phi) is 3.72. The summed E-state index contributed by atoms with van der Waals surface area (Å²) >= 11 is 1.03. The number of furan rings is 1. The molecule has 1 aromatic heterocycles. The zero-order valence-corrected chi connectivity index (χ0v) is 10.6.